The van der Waals surface area contributed by atoms with Crippen LogP contribution in [0.25, 0.3) is 49.9 Å². The van der Waals surface area contributed by atoms with Gasteiger partial charge in [-0.3, -0.25) is 4.57 Å². The summed E-state index contributed by atoms with van der Waals surface area (Å²) in [6, 6.07) is 86.4. The monoisotopic (exact) mass is 900 g/mol. The zero-order chi connectivity index (χ0) is 47.0. The Hall–Kier alpha value is -8.89. The van der Waals surface area contributed by atoms with Crippen LogP contribution in [0.1, 0.15) is 48.6 Å². The van der Waals surface area contributed by atoms with Crippen molar-refractivity contribution in [3.8, 4) is 39.6 Å². The molecule has 0 amide bonds. The second kappa shape index (κ2) is 16.1. The van der Waals surface area contributed by atoms with E-state index in [0.29, 0.717) is 0 Å². The first-order valence-corrected chi connectivity index (χ1v) is 24.0. The number of para-hydroxylation sites is 4. The highest BCUT2D eigenvalue weighted by Crippen LogP contribution is 2.56. The molecule has 0 saturated heterocycles. The van der Waals surface area contributed by atoms with E-state index in [0.717, 1.165) is 67.6 Å². The highest BCUT2D eigenvalue weighted by atomic mass is 16.5. The fourth-order valence-electron chi connectivity index (χ4n) is 11.0. The molecular formula is C65H48N4O+2. The average molecular weight is 901 g/mol. The van der Waals surface area contributed by atoms with Gasteiger partial charge in [-0.25, -0.2) is 4.98 Å². The third-order valence-electron chi connectivity index (χ3n) is 14.3. The van der Waals surface area contributed by atoms with Crippen LogP contribution in [0.2, 0.25) is 0 Å². The summed E-state index contributed by atoms with van der Waals surface area (Å²) in [6.07, 6.45) is 1.92. The molecule has 70 heavy (non-hydrogen) atoms. The number of rotatable bonds is 8. The molecule has 0 bridgehead atoms. The van der Waals surface area contributed by atoms with Crippen LogP contribution in [0.3, 0.4) is 0 Å². The Labute approximate surface area is 407 Å². The zero-order valence-electron chi connectivity index (χ0n) is 39.2. The smallest absolute Gasteiger partial charge is 0.457 e. The van der Waals surface area contributed by atoms with Gasteiger partial charge in [-0.05, 0) is 102 Å². The summed E-state index contributed by atoms with van der Waals surface area (Å²) >= 11 is 0. The molecule has 3 heterocycles. The minimum Gasteiger partial charge on any atom is -0.457 e. The molecule has 0 N–H and O–H groups in total. The Morgan fingerprint density at radius 1 is 0.471 bits per heavy atom. The number of nitrogens with zero attached hydrogens (tertiary/aromatic N) is 4. The standard InChI is InChI=1S/C65H48N4O/c1-64(2,3)47-38-39-66-63(40-47)69-59-29-14-10-25-54(59)55-37-36-50(42-62(55)69)70-49-21-17-20-48(41-49)67-43-68(61-31-16-15-30-60(61)67)58-28-13-9-22-51(58)44-32-34-46(35-33-44)65(45-18-5-4-6-19-45)56-26-11-7-23-52(56)53-24-8-12-27-57(53)65/h4-42H,1-3H3/q+2. The maximum absolute atomic E-state index is 6.75. The molecule has 5 nitrogen and oxygen atoms in total. The van der Waals surface area contributed by atoms with Gasteiger partial charge < -0.3 is 4.74 Å². The van der Waals surface area contributed by atoms with Crippen molar-refractivity contribution in [1.29, 1.82) is 0 Å². The quantitative estimate of drug-likeness (QED) is 0.142. The van der Waals surface area contributed by atoms with Crippen molar-refractivity contribution in [3.05, 3.63) is 265 Å². The van der Waals surface area contributed by atoms with Crippen LogP contribution in [0, 0.1) is 0 Å². The van der Waals surface area contributed by atoms with Crippen molar-refractivity contribution in [1.82, 2.24) is 18.7 Å². The fourth-order valence-corrected chi connectivity index (χ4v) is 11.0. The number of hydrogen-bond acceptors (Lipinski definition) is 2. The van der Waals surface area contributed by atoms with Crippen LogP contribution in [-0.4, -0.2) is 15.6 Å². The Morgan fingerprint density at radius 3 is 1.81 bits per heavy atom. The number of benzene rings is 9. The maximum Gasteiger partial charge on any atom is 0.503 e. The van der Waals surface area contributed by atoms with Gasteiger partial charge in [-0.1, -0.05) is 172 Å². The summed E-state index contributed by atoms with van der Waals surface area (Å²) in [5.41, 5.74) is 16.9. The van der Waals surface area contributed by atoms with Crippen molar-refractivity contribution in [2.75, 3.05) is 0 Å². The van der Waals surface area contributed by atoms with E-state index in [4.69, 9.17) is 9.72 Å². The van der Waals surface area contributed by atoms with E-state index in [1.54, 1.807) is 0 Å². The lowest BCUT2D eigenvalue weighted by Crippen LogP contribution is -2.28. The van der Waals surface area contributed by atoms with Crippen molar-refractivity contribution in [2.24, 2.45) is 0 Å². The van der Waals surface area contributed by atoms with Gasteiger partial charge in [0.1, 0.15) is 17.3 Å². The molecule has 0 saturated carbocycles. The van der Waals surface area contributed by atoms with Gasteiger partial charge in [-0.2, -0.15) is 0 Å². The Morgan fingerprint density at radius 2 is 1.07 bits per heavy atom. The molecule has 2 aromatic heterocycles. The van der Waals surface area contributed by atoms with E-state index in [2.05, 4.69) is 259 Å². The van der Waals surface area contributed by atoms with Gasteiger partial charge in [0.25, 0.3) is 11.4 Å². The van der Waals surface area contributed by atoms with Gasteiger partial charge >= 0.3 is 6.01 Å². The predicted octanol–water partition coefficient (Wildman–Crippen LogP) is 16.2. The van der Waals surface area contributed by atoms with Crippen molar-refractivity contribution >= 4 is 50.6 Å². The molecule has 9 aromatic carbocycles. The fraction of sp³-hybridized carbons (Fsp3) is 0.0769. The molecule has 332 valence electrons. The molecule has 1 aliphatic heterocycles. The molecule has 1 aliphatic carbocycles. The maximum atomic E-state index is 6.75. The third kappa shape index (κ3) is 6.51. The van der Waals surface area contributed by atoms with Crippen LogP contribution >= 0.6 is 0 Å². The number of fused-ring (bicyclic) bond motifs is 7. The highest BCUT2D eigenvalue weighted by molar-refractivity contribution is 6.09. The molecule has 13 rings (SSSR count). The van der Waals surface area contributed by atoms with Crippen LogP contribution in [0.5, 0.6) is 11.5 Å². The highest BCUT2D eigenvalue weighted by Gasteiger charge is 2.46. The summed E-state index contributed by atoms with van der Waals surface area (Å²) in [6.45, 7) is 6.71. The van der Waals surface area contributed by atoms with Crippen molar-refractivity contribution in [2.45, 2.75) is 31.6 Å². The molecule has 2 aliphatic rings. The van der Waals surface area contributed by atoms with Gasteiger partial charge in [0, 0.05) is 47.3 Å². The second-order valence-corrected chi connectivity index (χ2v) is 19.3. The van der Waals surface area contributed by atoms with Gasteiger partial charge in [0.15, 0.2) is 0 Å². The lowest BCUT2D eigenvalue weighted by molar-refractivity contribution is 0.483. The van der Waals surface area contributed by atoms with E-state index in [-0.39, 0.29) is 5.41 Å². The van der Waals surface area contributed by atoms with Gasteiger partial charge in [0.05, 0.1) is 28.1 Å². The van der Waals surface area contributed by atoms with E-state index in [1.807, 2.05) is 18.3 Å². The molecule has 5 heteroatoms. The summed E-state index contributed by atoms with van der Waals surface area (Å²) in [5.74, 6) is 2.36. The lowest BCUT2D eigenvalue weighted by Gasteiger charge is -2.34. The van der Waals surface area contributed by atoms with E-state index in [1.165, 1.54) is 44.3 Å². The minimum absolute atomic E-state index is 0.0161. The summed E-state index contributed by atoms with van der Waals surface area (Å²) in [5, 5.41) is 2.32. The summed E-state index contributed by atoms with van der Waals surface area (Å²) in [4.78, 5) is 4.88. The molecule has 11 aromatic rings. The minimum atomic E-state index is -0.455. The topological polar surface area (TPSA) is 33.1 Å². The van der Waals surface area contributed by atoms with E-state index < -0.39 is 5.41 Å². The largest absolute Gasteiger partial charge is 0.503 e. The van der Waals surface area contributed by atoms with Crippen LogP contribution in [0.4, 0.5) is 22.7 Å². The van der Waals surface area contributed by atoms with E-state index in [9.17, 15) is 0 Å². The van der Waals surface area contributed by atoms with Crippen LogP contribution < -0.4 is 13.9 Å². The first-order valence-electron chi connectivity index (χ1n) is 24.0. The van der Waals surface area contributed by atoms with Gasteiger partial charge in [0.2, 0.25) is 11.4 Å². The molecule has 0 radical (unpaired) electrons. The summed E-state index contributed by atoms with van der Waals surface area (Å²) < 4.78 is 13.3. The number of aromatic nitrogens is 2. The zero-order valence-corrected chi connectivity index (χ0v) is 39.2. The number of ether oxygens (including phenoxy) is 1. The Kier molecular flexibility index (Phi) is 9.52. The first-order chi connectivity index (χ1) is 34.3. The Balaban J connectivity index is 0.879. The van der Waals surface area contributed by atoms with Crippen molar-refractivity contribution < 1.29 is 4.74 Å². The molecule has 0 atom stereocenters. The number of hydrogen-bond donors (Lipinski definition) is 0. The predicted molar refractivity (Wildman–Crippen MR) is 287 cm³/mol. The van der Waals surface area contributed by atoms with Gasteiger partial charge in [-0.15, -0.1) is 0 Å². The third-order valence-corrected chi connectivity index (χ3v) is 14.3. The SMILES string of the molecule is CC(C)(C)c1ccnc(-n2c3ccccc3c3ccc(Oc4cccc([N+]5=C=[N+](c6ccccc6-c6ccc(C7(c8ccccc8)c8ccccc8-c8ccccc87)cc6)c6ccccc65)c4)cc32)c1. The Bertz CT molecular complexity index is 3900. The molecular weight excluding hydrogens is 853 g/mol. The second-order valence-electron chi connectivity index (χ2n) is 19.3. The average Bonchev–Trinajstić information content (AvgIpc) is 4.06. The lowest BCUT2D eigenvalue weighted by atomic mass is 9.67. The van der Waals surface area contributed by atoms with Crippen molar-refractivity contribution in [3.63, 3.8) is 0 Å². The first kappa shape index (κ1) is 41.3. The normalized spacial score (nSPS) is 13.4. The van der Waals surface area contributed by atoms with Crippen LogP contribution in [-0.2, 0) is 10.8 Å². The molecule has 0 unspecified atom stereocenters. The number of pyridine rings is 1. The molecule has 0 spiro atoms. The summed E-state index contributed by atoms with van der Waals surface area (Å²) in [7, 11) is 0. The molecule has 0 fully saturated rings. The van der Waals surface area contributed by atoms with Crippen LogP contribution in [0.15, 0.2) is 237 Å². The van der Waals surface area contributed by atoms with E-state index >= 15 is 0 Å².